The molecule has 0 bridgehead atoms. The molecule has 0 aliphatic heterocycles. The standard InChI is InChI=1S/C12H18FNO3/c1-12(2,6-15)11(14)8-4-7(13)5-9(17-3)10(8)16/h4-5,11,15-16H,6,14H2,1-3H3/t11-/m1/s1. The fourth-order valence-corrected chi connectivity index (χ4v) is 1.51. The molecule has 0 aromatic heterocycles. The molecule has 0 spiro atoms. The summed E-state index contributed by atoms with van der Waals surface area (Å²) >= 11 is 0. The predicted molar refractivity (Wildman–Crippen MR) is 62.4 cm³/mol. The zero-order valence-corrected chi connectivity index (χ0v) is 10.2. The van der Waals surface area contributed by atoms with Gasteiger partial charge in [0, 0.05) is 29.7 Å². The summed E-state index contributed by atoms with van der Waals surface area (Å²) in [4.78, 5) is 0. The fourth-order valence-electron chi connectivity index (χ4n) is 1.51. The van der Waals surface area contributed by atoms with E-state index in [0.29, 0.717) is 0 Å². The van der Waals surface area contributed by atoms with E-state index in [2.05, 4.69) is 0 Å². The number of aromatic hydroxyl groups is 1. The Balaban J connectivity index is 3.26. The number of phenolic OH excluding ortho intramolecular Hbond substituents is 1. The van der Waals surface area contributed by atoms with Crippen LogP contribution in [0.25, 0.3) is 0 Å². The number of methoxy groups -OCH3 is 1. The molecule has 4 nitrogen and oxygen atoms in total. The van der Waals surface area contributed by atoms with Crippen LogP contribution in [0.2, 0.25) is 0 Å². The van der Waals surface area contributed by atoms with Crippen LogP contribution in [0.3, 0.4) is 0 Å². The van der Waals surface area contributed by atoms with Crippen LogP contribution in [-0.2, 0) is 0 Å². The van der Waals surface area contributed by atoms with Gasteiger partial charge in [-0.1, -0.05) is 13.8 Å². The molecule has 1 atom stereocenters. The summed E-state index contributed by atoms with van der Waals surface area (Å²) in [5.41, 5.74) is 5.49. The van der Waals surface area contributed by atoms with Crippen LogP contribution in [0, 0.1) is 11.2 Å². The maximum Gasteiger partial charge on any atom is 0.163 e. The molecule has 0 amide bonds. The summed E-state index contributed by atoms with van der Waals surface area (Å²) < 4.78 is 18.2. The van der Waals surface area contributed by atoms with Crippen LogP contribution in [0.1, 0.15) is 25.5 Å². The molecule has 1 aromatic rings. The smallest absolute Gasteiger partial charge is 0.163 e. The second-order valence-electron chi connectivity index (χ2n) is 4.67. The lowest BCUT2D eigenvalue weighted by molar-refractivity contribution is 0.131. The molecule has 0 radical (unpaired) electrons. The topological polar surface area (TPSA) is 75.7 Å². The second-order valence-corrected chi connectivity index (χ2v) is 4.67. The van der Waals surface area contributed by atoms with Crippen molar-refractivity contribution in [2.45, 2.75) is 19.9 Å². The van der Waals surface area contributed by atoms with Crippen molar-refractivity contribution in [3.8, 4) is 11.5 Å². The van der Waals surface area contributed by atoms with Crippen LogP contribution in [-0.4, -0.2) is 23.9 Å². The molecule has 0 aliphatic carbocycles. The normalized spacial score (nSPS) is 13.5. The van der Waals surface area contributed by atoms with Crippen molar-refractivity contribution in [3.63, 3.8) is 0 Å². The van der Waals surface area contributed by atoms with Gasteiger partial charge in [-0.25, -0.2) is 4.39 Å². The Kier molecular flexibility index (Phi) is 3.95. The highest BCUT2D eigenvalue weighted by atomic mass is 19.1. The van der Waals surface area contributed by atoms with E-state index in [1.807, 2.05) is 0 Å². The van der Waals surface area contributed by atoms with Crippen molar-refractivity contribution >= 4 is 0 Å². The summed E-state index contributed by atoms with van der Waals surface area (Å²) in [6.45, 7) is 3.29. The third-order valence-corrected chi connectivity index (χ3v) is 2.87. The van der Waals surface area contributed by atoms with Crippen LogP contribution >= 0.6 is 0 Å². The molecule has 17 heavy (non-hydrogen) atoms. The van der Waals surface area contributed by atoms with Gasteiger partial charge in [0.1, 0.15) is 5.82 Å². The maximum atomic E-state index is 13.3. The lowest BCUT2D eigenvalue weighted by Crippen LogP contribution is -2.32. The van der Waals surface area contributed by atoms with E-state index in [1.165, 1.54) is 7.11 Å². The lowest BCUT2D eigenvalue weighted by Gasteiger charge is -2.30. The van der Waals surface area contributed by atoms with Crippen LogP contribution in [0.4, 0.5) is 4.39 Å². The van der Waals surface area contributed by atoms with E-state index in [-0.39, 0.29) is 23.7 Å². The molecule has 4 N–H and O–H groups in total. The van der Waals surface area contributed by atoms with Crippen molar-refractivity contribution in [2.75, 3.05) is 13.7 Å². The first-order valence-corrected chi connectivity index (χ1v) is 5.26. The second kappa shape index (κ2) is 4.89. The fraction of sp³-hybridized carbons (Fsp3) is 0.500. The van der Waals surface area contributed by atoms with Crippen LogP contribution in [0.5, 0.6) is 11.5 Å². The molecule has 1 rings (SSSR count). The Hall–Kier alpha value is -1.33. The van der Waals surface area contributed by atoms with E-state index in [9.17, 15) is 14.6 Å². The summed E-state index contributed by atoms with van der Waals surface area (Å²) in [5, 5.41) is 19.1. The highest BCUT2D eigenvalue weighted by Crippen LogP contribution is 2.40. The molecule has 5 heteroatoms. The number of halogens is 1. The van der Waals surface area contributed by atoms with Gasteiger partial charge in [-0.15, -0.1) is 0 Å². The largest absolute Gasteiger partial charge is 0.504 e. The van der Waals surface area contributed by atoms with Gasteiger partial charge >= 0.3 is 0 Å². The van der Waals surface area contributed by atoms with E-state index in [1.54, 1.807) is 13.8 Å². The third-order valence-electron chi connectivity index (χ3n) is 2.87. The number of hydrogen-bond donors (Lipinski definition) is 3. The van der Waals surface area contributed by atoms with Gasteiger partial charge in [0.05, 0.1) is 7.11 Å². The highest BCUT2D eigenvalue weighted by molar-refractivity contribution is 5.47. The van der Waals surface area contributed by atoms with Gasteiger partial charge in [-0.2, -0.15) is 0 Å². The molecular weight excluding hydrogens is 225 g/mol. The zero-order valence-electron chi connectivity index (χ0n) is 10.2. The van der Waals surface area contributed by atoms with Crippen LogP contribution in [0.15, 0.2) is 12.1 Å². The van der Waals surface area contributed by atoms with Crippen molar-refractivity contribution < 1.29 is 19.3 Å². The van der Waals surface area contributed by atoms with E-state index in [4.69, 9.17) is 10.5 Å². The first-order valence-electron chi connectivity index (χ1n) is 5.26. The Morgan fingerprint density at radius 1 is 1.47 bits per heavy atom. The van der Waals surface area contributed by atoms with E-state index >= 15 is 0 Å². The molecule has 0 heterocycles. The number of rotatable bonds is 4. The van der Waals surface area contributed by atoms with Gasteiger partial charge in [0.2, 0.25) is 0 Å². The molecule has 0 unspecified atom stereocenters. The Bertz CT molecular complexity index is 407. The number of phenols is 1. The quantitative estimate of drug-likeness (QED) is 0.750. The summed E-state index contributed by atoms with van der Waals surface area (Å²) in [5.74, 6) is -0.703. The first kappa shape index (κ1) is 13.7. The van der Waals surface area contributed by atoms with Crippen molar-refractivity contribution in [1.29, 1.82) is 0 Å². The number of ether oxygens (including phenoxy) is 1. The average Bonchev–Trinajstić information content (AvgIpc) is 2.30. The van der Waals surface area contributed by atoms with Gasteiger partial charge in [-0.05, 0) is 6.07 Å². The summed E-state index contributed by atoms with van der Waals surface area (Å²) in [6.07, 6.45) is 0. The maximum absolute atomic E-state index is 13.3. The van der Waals surface area contributed by atoms with Gasteiger partial charge in [0.25, 0.3) is 0 Å². The first-order chi connectivity index (χ1) is 7.83. The number of hydrogen-bond acceptors (Lipinski definition) is 4. The van der Waals surface area contributed by atoms with Crippen molar-refractivity contribution in [2.24, 2.45) is 11.1 Å². The van der Waals surface area contributed by atoms with Crippen molar-refractivity contribution in [3.05, 3.63) is 23.5 Å². The number of benzene rings is 1. The Morgan fingerprint density at radius 2 is 2.06 bits per heavy atom. The number of aliphatic hydroxyl groups is 1. The molecule has 1 aromatic carbocycles. The zero-order chi connectivity index (χ0) is 13.2. The molecule has 0 saturated heterocycles. The Morgan fingerprint density at radius 3 is 2.53 bits per heavy atom. The average molecular weight is 243 g/mol. The molecule has 0 saturated carbocycles. The third kappa shape index (κ3) is 2.68. The number of aliphatic hydroxyl groups excluding tert-OH is 1. The minimum Gasteiger partial charge on any atom is -0.504 e. The Labute approximate surface area is 99.8 Å². The number of nitrogens with two attached hydrogens (primary N) is 1. The summed E-state index contributed by atoms with van der Waals surface area (Å²) in [7, 11) is 1.33. The minimum absolute atomic E-state index is 0.0317. The van der Waals surface area contributed by atoms with Gasteiger partial charge < -0.3 is 20.7 Å². The van der Waals surface area contributed by atoms with E-state index in [0.717, 1.165) is 12.1 Å². The highest BCUT2D eigenvalue weighted by Gasteiger charge is 2.30. The molecule has 0 aliphatic rings. The van der Waals surface area contributed by atoms with Gasteiger partial charge in [-0.3, -0.25) is 0 Å². The lowest BCUT2D eigenvalue weighted by atomic mass is 9.81. The van der Waals surface area contributed by atoms with Crippen LogP contribution < -0.4 is 10.5 Å². The van der Waals surface area contributed by atoms with E-state index < -0.39 is 17.3 Å². The monoisotopic (exact) mass is 243 g/mol. The van der Waals surface area contributed by atoms with Crippen molar-refractivity contribution in [1.82, 2.24) is 0 Å². The molecule has 96 valence electrons. The molecule has 0 fully saturated rings. The summed E-state index contributed by atoms with van der Waals surface area (Å²) in [6, 6.07) is 1.54. The minimum atomic E-state index is -0.697. The van der Waals surface area contributed by atoms with Gasteiger partial charge in [0.15, 0.2) is 11.5 Å². The predicted octanol–water partition coefficient (Wildman–Crippen LogP) is 1.56. The SMILES string of the molecule is COc1cc(F)cc([C@@H](N)C(C)(C)CO)c1O. The molecular formula is C12H18FNO3.